The number of ether oxygens (including phenoxy) is 1. The third kappa shape index (κ3) is 4.95. The number of aliphatic hydroxyl groups excluding tert-OH is 2. The zero-order valence-electron chi connectivity index (χ0n) is 15.4. The van der Waals surface area contributed by atoms with Crippen molar-refractivity contribution in [1.29, 1.82) is 0 Å². The Bertz CT molecular complexity index is 645. The molecule has 1 aromatic rings. The average Bonchev–Trinajstić information content (AvgIpc) is 3.34. The van der Waals surface area contributed by atoms with Crippen molar-refractivity contribution in [2.75, 3.05) is 6.54 Å². The normalized spacial score (nSPS) is 17.9. The van der Waals surface area contributed by atoms with Gasteiger partial charge in [-0.1, -0.05) is 24.3 Å². The van der Waals surface area contributed by atoms with Crippen molar-refractivity contribution in [3.63, 3.8) is 0 Å². The van der Waals surface area contributed by atoms with E-state index >= 15 is 0 Å². The summed E-state index contributed by atoms with van der Waals surface area (Å²) in [6, 6.07) is 6.64. The highest BCUT2D eigenvalue weighted by Crippen LogP contribution is 2.48. The lowest BCUT2D eigenvalue weighted by molar-refractivity contribution is -0.140. The standard InChI is InChI=1S/C19H27NO6/c1-18(2,3)26-17(25)20-11-8-14(21)15(22)12-4-6-13(7-5-12)19(9-10-19)16(23)24/h4-7,14-15,21-22H,8-11H2,1-3H3,(H,20,25)(H,23,24). The van der Waals surface area contributed by atoms with Crippen molar-refractivity contribution in [3.8, 4) is 0 Å². The minimum atomic E-state index is -1.12. The van der Waals surface area contributed by atoms with E-state index in [-0.39, 0.29) is 13.0 Å². The topological polar surface area (TPSA) is 116 Å². The first kappa shape index (κ1) is 20.2. The Morgan fingerprint density at radius 1 is 1.19 bits per heavy atom. The molecule has 2 unspecified atom stereocenters. The number of carboxylic acid groups (broad SMARTS) is 1. The fourth-order valence-electron chi connectivity index (χ4n) is 2.77. The highest BCUT2D eigenvalue weighted by Gasteiger charge is 2.51. The molecule has 4 N–H and O–H groups in total. The summed E-state index contributed by atoms with van der Waals surface area (Å²) in [6.07, 6.45) is -1.38. The minimum Gasteiger partial charge on any atom is -0.481 e. The third-order valence-corrected chi connectivity index (χ3v) is 4.44. The summed E-state index contributed by atoms with van der Waals surface area (Å²) in [7, 11) is 0. The first-order valence-corrected chi connectivity index (χ1v) is 8.72. The molecule has 2 rings (SSSR count). The average molecular weight is 365 g/mol. The van der Waals surface area contributed by atoms with Gasteiger partial charge in [0, 0.05) is 6.54 Å². The van der Waals surface area contributed by atoms with E-state index in [0.717, 1.165) is 0 Å². The fourth-order valence-corrected chi connectivity index (χ4v) is 2.77. The Morgan fingerprint density at radius 2 is 1.77 bits per heavy atom. The first-order chi connectivity index (χ1) is 12.0. The highest BCUT2D eigenvalue weighted by molar-refractivity contribution is 5.84. The molecule has 2 atom stereocenters. The van der Waals surface area contributed by atoms with Gasteiger partial charge in [-0.2, -0.15) is 0 Å². The molecule has 0 spiro atoms. The van der Waals surface area contributed by atoms with Crippen molar-refractivity contribution in [2.24, 2.45) is 0 Å². The van der Waals surface area contributed by atoms with Crippen LogP contribution in [0.5, 0.6) is 0 Å². The minimum absolute atomic E-state index is 0.154. The van der Waals surface area contributed by atoms with Crippen LogP contribution in [0.25, 0.3) is 0 Å². The maximum atomic E-state index is 11.5. The lowest BCUT2D eigenvalue weighted by Crippen LogP contribution is -2.34. The number of carboxylic acids is 1. The summed E-state index contributed by atoms with van der Waals surface area (Å²) in [6.45, 7) is 5.42. The highest BCUT2D eigenvalue weighted by atomic mass is 16.6. The molecule has 1 saturated carbocycles. The molecule has 1 aliphatic carbocycles. The number of aliphatic carboxylic acids is 1. The van der Waals surface area contributed by atoms with E-state index in [1.165, 1.54) is 0 Å². The van der Waals surface area contributed by atoms with E-state index in [0.29, 0.717) is 24.0 Å². The summed E-state index contributed by atoms with van der Waals surface area (Å²) in [4.78, 5) is 22.9. The SMILES string of the molecule is CC(C)(C)OC(=O)NCCC(O)C(O)c1ccc(C2(C(=O)O)CC2)cc1. The summed E-state index contributed by atoms with van der Waals surface area (Å²) in [5.74, 6) is -0.834. The smallest absolute Gasteiger partial charge is 0.407 e. The van der Waals surface area contributed by atoms with Crippen LogP contribution in [-0.4, -0.2) is 45.6 Å². The van der Waals surface area contributed by atoms with Crippen LogP contribution in [-0.2, 0) is 14.9 Å². The second kappa shape index (κ2) is 7.63. The van der Waals surface area contributed by atoms with E-state index in [2.05, 4.69) is 5.32 Å². The molecular weight excluding hydrogens is 338 g/mol. The van der Waals surface area contributed by atoms with E-state index in [1.807, 2.05) is 0 Å². The molecule has 0 saturated heterocycles. The molecule has 1 aromatic carbocycles. The molecule has 0 aliphatic heterocycles. The molecule has 0 bridgehead atoms. The molecule has 0 heterocycles. The zero-order valence-corrected chi connectivity index (χ0v) is 15.4. The van der Waals surface area contributed by atoms with Gasteiger partial charge in [0.15, 0.2) is 0 Å². The predicted octanol–water partition coefficient (Wildman–Crippen LogP) is 2.11. The molecular formula is C19H27NO6. The molecule has 26 heavy (non-hydrogen) atoms. The number of carbonyl (C=O) groups excluding carboxylic acids is 1. The maximum absolute atomic E-state index is 11.5. The molecule has 144 valence electrons. The van der Waals surface area contributed by atoms with Gasteiger partial charge in [-0.25, -0.2) is 4.79 Å². The third-order valence-electron chi connectivity index (χ3n) is 4.44. The van der Waals surface area contributed by atoms with Gasteiger partial charge < -0.3 is 25.4 Å². The molecule has 1 amide bonds. The molecule has 1 fully saturated rings. The van der Waals surface area contributed by atoms with Gasteiger partial charge in [0.05, 0.1) is 11.5 Å². The Morgan fingerprint density at radius 3 is 2.23 bits per heavy atom. The molecule has 7 heteroatoms. The molecule has 0 aromatic heterocycles. The number of amides is 1. The lowest BCUT2D eigenvalue weighted by atomic mass is 9.93. The van der Waals surface area contributed by atoms with E-state index < -0.39 is 35.3 Å². The lowest BCUT2D eigenvalue weighted by Gasteiger charge is -2.21. The van der Waals surface area contributed by atoms with Crippen molar-refractivity contribution in [2.45, 2.75) is 63.3 Å². The van der Waals surface area contributed by atoms with Crippen LogP contribution in [0.2, 0.25) is 0 Å². The van der Waals surface area contributed by atoms with Crippen molar-refractivity contribution >= 4 is 12.1 Å². The summed E-state index contributed by atoms with van der Waals surface area (Å²) < 4.78 is 5.09. The monoisotopic (exact) mass is 365 g/mol. The van der Waals surface area contributed by atoms with Crippen LogP contribution < -0.4 is 5.32 Å². The number of hydrogen-bond acceptors (Lipinski definition) is 5. The number of benzene rings is 1. The second-order valence-corrected chi connectivity index (χ2v) is 7.74. The van der Waals surface area contributed by atoms with Gasteiger partial charge in [0.25, 0.3) is 0 Å². The number of aliphatic hydroxyl groups is 2. The van der Waals surface area contributed by atoms with E-state index in [9.17, 15) is 24.9 Å². The summed E-state index contributed by atoms with van der Waals surface area (Å²) in [5.41, 5.74) is -0.181. The molecule has 7 nitrogen and oxygen atoms in total. The van der Waals surface area contributed by atoms with Crippen LogP contribution in [0, 0.1) is 0 Å². The van der Waals surface area contributed by atoms with Gasteiger partial charge in [-0.05, 0) is 51.2 Å². The number of alkyl carbamates (subject to hydrolysis) is 1. The first-order valence-electron chi connectivity index (χ1n) is 8.72. The van der Waals surface area contributed by atoms with Gasteiger partial charge in [-0.15, -0.1) is 0 Å². The Kier molecular flexibility index (Phi) is 5.93. The number of carbonyl (C=O) groups is 2. The van der Waals surface area contributed by atoms with E-state index in [4.69, 9.17) is 4.74 Å². The second-order valence-electron chi connectivity index (χ2n) is 7.74. The van der Waals surface area contributed by atoms with Gasteiger partial charge in [-0.3, -0.25) is 4.79 Å². The predicted molar refractivity (Wildman–Crippen MR) is 94.8 cm³/mol. The van der Waals surface area contributed by atoms with Crippen LogP contribution in [0.1, 0.15) is 57.3 Å². The van der Waals surface area contributed by atoms with Crippen LogP contribution in [0.15, 0.2) is 24.3 Å². The number of hydrogen-bond donors (Lipinski definition) is 4. The maximum Gasteiger partial charge on any atom is 0.407 e. The Labute approximate surface area is 153 Å². The largest absolute Gasteiger partial charge is 0.481 e. The molecule has 0 radical (unpaired) electrons. The number of nitrogens with one attached hydrogen (secondary N) is 1. The van der Waals surface area contributed by atoms with Crippen LogP contribution in [0.3, 0.4) is 0 Å². The quantitative estimate of drug-likeness (QED) is 0.588. The van der Waals surface area contributed by atoms with Gasteiger partial charge in [0.1, 0.15) is 11.7 Å². The number of rotatable bonds is 7. The van der Waals surface area contributed by atoms with Crippen LogP contribution >= 0.6 is 0 Å². The van der Waals surface area contributed by atoms with Crippen molar-refractivity contribution in [3.05, 3.63) is 35.4 Å². The molecule has 1 aliphatic rings. The van der Waals surface area contributed by atoms with Gasteiger partial charge >= 0.3 is 12.1 Å². The van der Waals surface area contributed by atoms with Crippen molar-refractivity contribution < 1.29 is 29.6 Å². The van der Waals surface area contributed by atoms with E-state index in [1.54, 1.807) is 45.0 Å². The van der Waals surface area contributed by atoms with Crippen molar-refractivity contribution in [1.82, 2.24) is 5.32 Å². The summed E-state index contributed by atoms with van der Waals surface area (Å²) >= 11 is 0. The van der Waals surface area contributed by atoms with Crippen LogP contribution in [0.4, 0.5) is 4.79 Å². The summed E-state index contributed by atoms with van der Waals surface area (Å²) in [5, 5.41) is 32.2. The zero-order chi connectivity index (χ0) is 19.5. The fraction of sp³-hybridized carbons (Fsp3) is 0.579. The van der Waals surface area contributed by atoms with Gasteiger partial charge in [0.2, 0.25) is 0 Å². The Balaban J connectivity index is 1.85. The Hall–Kier alpha value is -2.12.